The van der Waals surface area contributed by atoms with Crippen molar-refractivity contribution in [3.05, 3.63) is 72.9 Å². The van der Waals surface area contributed by atoms with E-state index in [1.165, 1.54) is 0 Å². The Bertz CT molecular complexity index is 1190. The normalized spacial score (nSPS) is 10.6. The number of pyridine rings is 3. The molecular weight excluding hydrogens is 376 g/mol. The zero-order chi connectivity index (χ0) is 20.9. The Morgan fingerprint density at radius 1 is 1.00 bits per heavy atom. The number of carbonyl (C=O) groups excluding carboxylic acids is 1. The van der Waals surface area contributed by atoms with E-state index in [-0.39, 0.29) is 6.03 Å². The number of amides is 2. The van der Waals surface area contributed by atoms with Crippen LogP contribution in [0.15, 0.2) is 67.3 Å². The lowest BCUT2D eigenvalue weighted by molar-refractivity contribution is 0.252. The Balaban J connectivity index is 1.83. The van der Waals surface area contributed by atoms with Crippen LogP contribution in [0.1, 0.15) is 12.6 Å². The highest BCUT2D eigenvalue weighted by atomic mass is 16.2. The fourth-order valence-electron chi connectivity index (χ4n) is 3.29. The average molecular weight is 398 g/mol. The number of nitrogens with zero attached hydrogens (tertiary/aromatic N) is 3. The molecule has 1 aromatic carbocycles. The highest BCUT2D eigenvalue weighted by molar-refractivity contribution is 6.05. The van der Waals surface area contributed by atoms with E-state index in [0.717, 1.165) is 39.0 Å². The Labute approximate surface area is 174 Å². The third-order valence-electron chi connectivity index (χ3n) is 4.63. The zero-order valence-electron chi connectivity index (χ0n) is 16.8. The summed E-state index contributed by atoms with van der Waals surface area (Å²) in [5, 5.41) is 10.8. The van der Waals surface area contributed by atoms with E-state index in [9.17, 15) is 4.79 Å². The van der Waals surface area contributed by atoms with Crippen molar-refractivity contribution in [1.29, 1.82) is 0 Å². The summed E-state index contributed by atoms with van der Waals surface area (Å²) in [5.41, 5.74) is 4.82. The molecule has 150 valence electrons. The van der Waals surface area contributed by atoms with E-state index in [2.05, 4.69) is 37.0 Å². The maximum atomic E-state index is 12.0. The molecule has 0 saturated carbocycles. The largest absolute Gasteiger partial charge is 0.354 e. The van der Waals surface area contributed by atoms with Gasteiger partial charge in [-0.2, -0.15) is 0 Å². The number of aromatic nitrogens is 3. The topological polar surface area (TPSA) is 91.8 Å². The van der Waals surface area contributed by atoms with Crippen molar-refractivity contribution < 1.29 is 4.79 Å². The highest BCUT2D eigenvalue weighted by Crippen LogP contribution is 2.35. The fraction of sp³-hybridized carbons (Fsp3) is 0.130. The smallest absolute Gasteiger partial charge is 0.320 e. The molecule has 7 nitrogen and oxygen atoms in total. The van der Waals surface area contributed by atoms with Gasteiger partial charge < -0.3 is 10.6 Å². The molecule has 30 heavy (non-hydrogen) atoms. The minimum Gasteiger partial charge on any atom is -0.354 e. The van der Waals surface area contributed by atoms with Crippen LogP contribution in [0, 0.1) is 6.92 Å². The lowest BCUT2D eigenvalue weighted by Gasteiger charge is -2.15. The molecule has 4 rings (SSSR count). The number of hydrogen-bond acceptors (Lipinski definition) is 5. The average Bonchev–Trinajstić information content (AvgIpc) is 2.75. The van der Waals surface area contributed by atoms with Gasteiger partial charge in [-0.05, 0) is 66.8 Å². The molecule has 0 radical (unpaired) electrons. The Morgan fingerprint density at radius 2 is 1.90 bits per heavy atom. The van der Waals surface area contributed by atoms with Crippen LogP contribution in [0.2, 0.25) is 0 Å². The third kappa shape index (κ3) is 4.20. The number of anilines is 3. The molecule has 4 aromatic rings. The summed E-state index contributed by atoms with van der Waals surface area (Å²) in [6.07, 6.45) is 7.07. The predicted octanol–water partition coefficient (Wildman–Crippen LogP) is 4.89. The number of nitrogens with one attached hydrogen (secondary N) is 3. The highest BCUT2D eigenvalue weighted by Gasteiger charge is 2.12. The molecule has 0 bridgehead atoms. The summed E-state index contributed by atoms with van der Waals surface area (Å²) in [5.74, 6) is 0.485. The number of fused-ring (bicyclic) bond motifs is 1. The second kappa shape index (κ2) is 8.57. The molecule has 0 fully saturated rings. The van der Waals surface area contributed by atoms with Gasteiger partial charge in [-0.3, -0.25) is 15.3 Å². The van der Waals surface area contributed by atoms with Gasteiger partial charge in [0.15, 0.2) is 0 Å². The minimum absolute atomic E-state index is 0.282. The van der Waals surface area contributed by atoms with Crippen LogP contribution in [-0.2, 0) is 0 Å². The molecule has 0 aliphatic heterocycles. The second-order valence-electron chi connectivity index (χ2n) is 6.81. The monoisotopic (exact) mass is 398 g/mol. The van der Waals surface area contributed by atoms with Gasteiger partial charge in [-0.25, -0.2) is 9.78 Å². The van der Waals surface area contributed by atoms with E-state index in [1.54, 1.807) is 24.8 Å². The molecule has 3 aromatic heterocycles. The van der Waals surface area contributed by atoms with Crippen molar-refractivity contribution in [3.8, 4) is 11.1 Å². The number of carbonyl (C=O) groups is 1. The van der Waals surface area contributed by atoms with Crippen LogP contribution in [-0.4, -0.2) is 27.5 Å². The van der Waals surface area contributed by atoms with Crippen LogP contribution in [0.25, 0.3) is 21.9 Å². The summed E-state index contributed by atoms with van der Waals surface area (Å²) in [7, 11) is 0. The third-order valence-corrected chi connectivity index (χ3v) is 4.63. The predicted molar refractivity (Wildman–Crippen MR) is 120 cm³/mol. The molecule has 7 heteroatoms. The van der Waals surface area contributed by atoms with E-state index < -0.39 is 0 Å². The molecule has 0 unspecified atom stereocenters. The van der Waals surface area contributed by atoms with Crippen LogP contribution in [0.3, 0.4) is 0 Å². The van der Waals surface area contributed by atoms with Gasteiger partial charge >= 0.3 is 6.03 Å². The first-order valence-electron chi connectivity index (χ1n) is 9.71. The molecule has 2 amide bonds. The minimum atomic E-state index is -0.282. The number of hydrogen-bond donors (Lipinski definition) is 3. The summed E-state index contributed by atoms with van der Waals surface area (Å²) < 4.78 is 0. The molecule has 0 atom stereocenters. The number of urea groups is 1. The number of rotatable bonds is 5. The lowest BCUT2D eigenvalue weighted by atomic mass is 9.98. The Hall–Kier alpha value is -4.00. The molecule has 0 aliphatic rings. The number of aryl methyl sites for hydroxylation is 1. The van der Waals surface area contributed by atoms with Crippen molar-refractivity contribution in [3.63, 3.8) is 0 Å². The van der Waals surface area contributed by atoms with Crippen LogP contribution < -0.4 is 16.0 Å². The molecule has 3 heterocycles. The van der Waals surface area contributed by atoms with Crippen molar-refractivity contribution in [2.45, 2.75) is 13.8 Å². The quantitative estimate of drug-likeness (QED) is 0.445. The van der Waals surface area contributed by atoms with Gasteiger partial charge in [0, 0.05) is 41.9 Å². The first-order chi connectivity index (χ1) is 14.6. The molecule has 0 saturated heterocycles. The van der Waals surface area contributed by atoms with Crippen molar-refractivity contribution in [1.82, 2.24) is 20.3 Å². The van der Waals surface area contributed by atoms with Crippen LogP contribution in [0.4, 0.5) is 22.0 Å². The van der Waals surface area contributed by atoms with Crippen molar-refractivity contribution >= 4 is 34.0 Å². The van der Waals surface area contributed by atoms with Crippen molar-refractivity contribution in [2.75, 3.05) is 17.2 Å². The number of benzene rings is 1. The SMILES string of the molecule is CCNC(=O)Nc1cc2c(-c3ccnc(C)c3)ccc(Nc3cccnc3)c2cn1. The summed E-state index contributed by atoms with van der Waals surface area (Å²) in [6, 6.07) is 13.6. The van der Waals surface area contributed by atoms with Gasteiger partial charge in [0.25, 0.3) is 0 Å². The van der Waals surface area contributed by atoms with Gasteiger partial charge in [-0.1, -0.05) is 6.07 Å². The molecule has 0 spiro atoms. The zero-order valence-corrected chi connectivity index (χ0v) is 16.8. The summed E-state index contributed by atoms with van der Waals surface area (Å²) in [4.78, 5) is 24.9. The standard InChI is InChI=1S/C23H22N6O/c1-3-25-23(30)29-22-12-19-18(16-8-10-26-15(2)11-16)6-7-21(20(19)14-27-22)28-17-5-4-9-24-13-17/h4-14,28H,3H2,1-2H3,(H2,25,27,29,30). The summed E-state index contributed by atoms with van der Waals surface area (Å²) in [6.45, 7) is 4.38. The maximum absolute atomic E-state index is 12.0. The van der Waals surface area contributed by atoms with Crippen molar-refractivity contribution in [2.24, 2.45) is 0 Å². The van der Waals surface area contributed by atoms with Crippen LogP contribution in [0.5, 0.6) is 0 Å². The van der Waals surface area contributed by atoms with Crippen LogP contribution >= 0.6 is 0 Å². The fourth-order valence-corrected chi connectivity index (χ4v) is 3.29. The van der Waals surface area contributed by atoms with Gasteiger partial charge in [0.1, 0.15) is 5.82 Å². The van der Waals surface area contributed by atoms with E-state index >= 15 is 0 Å². The lowest BCUT2D eigenvalue weighted by Crippen LogP contribution is -2.28. The van der Waals surface area contributed by atoms with Gasteiger partial charge in [-0.15, -0.1) is 0 Å². The first-order valence-corrected chi connectivity index (χ1v) is 9.71. The molecule has 0 aliphatic carbocycles. The Morgan fingerprint density at radius 3 is 2.67 bits per heavy atom. The van der Waals surface area contributed by atoms with E-state index in [4.69, 9.17) is 0 Å². The Kier molecular flexibility index (Phi) is 5.52. The van der Waals surface area contributed by atoms with E-state index in [0.29, 0.717) is 12.4 Å². The van der Waals surface area contributed by atoms with E-state index in [1.807, 2.05) is 50.2 Å². The van der Waals surface area contributed by atoms with Gasteiger partial charge in [0.2, 0.25) is 0 Å². The summed E-state index contributed by atoms with van der Waals surface area (Å²) >= 11 is 0. The molecule has 3 N–H and O–H groups in total. The first kappa shape index (κ1) is 19.3. The molecular formula is C23H22N6O. The second-order valence-corrected chi connectivity index (χ2v) is 6.81. The van der Waals surface area contributed by atoms with Gasteiger partial charge in [0.05, 0.1) is 11.9 Å². The maximum Gasteiger partial charge on any atom is 0.320 e.